The summed E-state index contributed by atoms with van der Waals surface area (Å²) in [5.41, 5.74) is 0. The van der Waals surface area contributed by atoms with Gasteiger partial charge in [0.05, 0.1) is 12.2 Å². The summed E-state index contributed by atoms with van der Waals surface area (Å²) in [6.07, 6.45) is 13.5. The largest absolute Gasteiger partial charge is 0.481 e. The number of hydrogen-bond donors (Lipinski definition) is 1. The highest BCUT2D eigenvalue weighted by Gasteiger charge is 2.45. The van der Waals surface area contributed by atoms with Gasteiger partial charge in [0.25, 0.3) is 0 Å². The molecular formula is C37H70O6SSi2. The van der Waals surface area contributed by atoms with Crippen LogP contribution < -0.4 is 0 Å². The van der Waals surface area contributed by atoms with Crippen LogP contribution in [0.25, 0.3) is 0 Å². The molecule has 1 rings (SSSR count). The molecule has 1 aliphatic carbocycles. The number of carboxylic acid groups (broad SMARTS) is 1. The molecule has 268 valence electrons. The van der Waals surface area contributed by atoms with E-state index in [1.54, 1.807) is 11.8 Å². The van der Waals surface area contributed by atoms with Gasteiger partial charge in [0.15, 0.2) is 16.6 Å². The molecule has 0 unspecified atom stereocenters. The Kier molecular flexibility index (Phi) is 18.1. The van der Waals surface area contributed by atoms with Crippen molar-refractivity contribution < 1.29 is 28.3 Å². The van der Waals surface area contributed by atoms with E-state index in [0.717, 1.165) is 42.1 Å². The number of carbonyl (C=O) groups excluding carboxylic acids is 1. The summed E-state index contributed by atoms with van der Waals surface area (Å²) in [6.45, 7) is 29.5. The van der Waals surface area contributed by atoms with Crippen LogP contribution in [-0.2, 0) is 23.2 Å². The first-order chi connectivity index (χ1) is 21.1. The smallest absolute Gasteiger partial charge is 0.310 e. The van der Waals surface area contributed by atoms with E-state index in [9.17, 15) is 9.59 Å². The zero-order valence-electron chi connectivity index (χ0n) is 31.8. The van der Waals surface area contributed by atoms with E-state index in [1.165, 1.54) is 19.3 Å². The fourth-order valence-corrected chi connectivity index (χ4v) is 8.98. The maximum Gasteiger partial charge on any atom is 0.310 e. The Hall–Kier alpha value is -0.876. The number of ether oxygens (including phenoxy) is 1. The Labute approximate surface area is 289 Å². The second-order valence-electron chi connectivity index (χ2n) is 16.5. The van der Waals surface area contributed by atoms with E-state index in [2.05, 4.69) is 93.7 Å². The standard InChI is InChI=1S/C37H70O6SSi2/c1-14-16-21-28(3)26-29(42-45(10,11)36(4,5)6)23-24-30-31(43-46(12,13)37(7,8)9)27-32(41-34(40)20-15-2)35(30)44-25-19-17-18-22-33(38)39/h23-24,28-31H,14-22,25-27H2,1-13H3,(H,38,39)/b24-23+/t28-,29-,30+,31-/m1/s1. The lowest BCUT2D eigenvalue weighted by molar-refractivity contribution is -0.140. The Morgan fingerprint density at radius 3 is 2.11 bits per heavy atom. The zero-order chi connectivity index (χ0) is 35.3. The molecule has 0 bridgehead atoms. The molecule has 0 heterocycles. The third-order valence-corrected chi connectivity index (χ3v) is 20.4. The van der Waals surface area contributed by atoms with E-state index in [-0.39, 0.29) is 40.6 Å². The lowest BCUT2D eigenvalue weighted by atomic mass is 9.96. The predicted octanol–water partition coefficient (Wildman–Crippen LogP) is 11.5. The van der Waals surface area contributed by atoms with Crippen LogP contribution in [-0.4, -0.2) is 51.6 Å². The Balaban J connectivity index is 3.54. The maximum atomic E-state index is 12.8. The Bertz CT molecular complexity index is 1010. The number of esters is 1. The number of carbonyl (C=O) groups is 2. The van der Waals surface area contributed by atoms with Gasteiger partial charge in [-0.15, -0.1) is 11.8 Å². The van der Waals surface area contributed by atoms with E-state index >= 15 is 0 Å². The first-order valence-corrected chi connectivity index (χ1v) is 24.8. The summed E-state index contributed by atoms with van der Waals surface area (Å²) >= 11 is 1.76. The summed E-state index contributed by atoms with van der Waals surface area (Å²) in [5, 5.41) is 9.20. The molecule has 6 nitrogen and oxygen atoms in total. The maximum absolute atomic E-state index is 12.8. The molecule has 0 saturated heterocycles. The molecule has 4 atom stereocenters. The minimum atomic E-state index is -2.14. The minimum absolute atomic E-state index is 0.00947. The third kappa shape index (κ3) is 14.7. The fraction of sp³-hybridized carbons (Fsp3) is 0.838. The van der Waals surface area contributed by atoms with Crippen molar-refractivity contribution in [2.45, 2.75) is 181 Å². The van der Waals surface area contributed by atoms with Gasteiger partial charge in [-0.2, -0.15) is 0 Å². The van der Waals surface area contributed by atoms with Crippen LogP contribution in [0.15, 0.2) is 22.8 Å². The SMILES string of the molecule is CCCC[C@@H](C)C[C@@H](/C=C/[C@@H]1C(SCCCCCC(=O)O)=C(OC(=O)CCC)C[C@H]1O[Si](C)(C)C(C)(C)C)O[Si](C)(C)C(C)(C)C. The van der Waals surface area contributed by atoms with Gasteiger partial charge in [0.2, 0.25) is 0 Å². The number of rotatable bonds is 21. The Morgan fingerprint density at radius 1 is 0.935 bits per heavy atom. The van der Waals surface area contributed by atoms with Crippen molar-refractivity contribution in [3.63, 3.8) is 0 Å². The summed E-state index contributed by atoms with van der Waals surface area (Å²) in [7, 11) is -4.17. The molecule has 0 amide bonds. The van der Waals surface area contributed by atoms with Crippen molar-refractivity contribution >= 4 is 40.3 Å². The molecule has 46 heavy (non-hydrogen) atoms. The highest BCUT2D eigenvalue weighted by molar-refractivity contribution is 8.03. The van der Waals surface area contributed by atoms with E-state index in [0.29, 0.717) is 25.2 Å². The summed E-state index contributed by atoms with van der Waals surface area (Å²) in [6, 6.07) is 0. The third-order valence-electron chi connectivity index (χ3n) is 10.1. The quantitative estimate of drug-likeness (QED) is 0.0553. The summed E-state index contributed by atoms with van der Waals surface area (Å²) in [5.74, 6) is 1.20. The number of carboxylic acids is 1. The zero-order valence-corrected chi connectivity index (χ0v) is 34.7. The van der Waals surface area contributed by atoms with Crippen molar-refractivity contribution in [1.82, 2.24) is 0 Å². The molecule has 0 saturated carbocycles. The lowest BCUT2D eigenvalue weighted by Crippen LogP contribution is -2.45. The number of hydrogen-bond acceptors (Lipinski definition) is 6. The summed E-state index contributed by atoms with van der Waals surface area (Å²) in [4.78, 5) is 24.9. The van der Waals surface area contributed by atoms with E-state index in [4.69, 9.17) is 18.7 Å². The van der Waals surface area contributed by atoms with Gasteiger partial charge in [0, 0.05) is 30.1 Å². The molecule has 0 spiro atoms. The van der Waals surface area contributed by atoms with Crippen LogP contribution in [0.1, 0.15) is 133 Å². The normalized spacial score (nSPS) is 19.6. The minimum Gasteiger partial charge on any atom is -0.481 e. The van der Waals surface area contributed by atoms with E-state index in [1.807, 2.05) is 6.92 Å². The molecular weight excluding hydrogens is 629 g/mol. The molecule has 0 aromatic rings. The van der Waals surface area contributed by atoms with Gasteiger partial charge < -0.3 is 18.7 Å². The molecule has 0 aromatic carbocycles. The van der Waals surface area contributed by atoms with Crippen molar-refractivity contribution in [3.8, 4) is 0 Å². The van der Waals surface area contributed by atoms with Crippen LogP contribution in [0.5, 0.6) is 0 Å². The van der Waals surface area contributed by atoms with Gasteiger partial charge in [0.1, 0.15) is 5.76 Å². The fourth-order valence-electron chi connectivity index (χ4n) is 5.08. The molecule has 1 aliphatic rings. The monoisotopic (exact) mass is 698 g/mol. The second-order valence-corrected chi connectivity index (χ2v) is 27.1. The number of thioether (sulfide) groups is 1. The van der Waals surface area contributed by atoms with Gasteiger partial charge in [-0.1, -0.05) is 100 Å². The average molecular weight is 699 g/mol. The van der Waals surface area contributed by atoms with Gasteiger partial charge in [-0.3, -0.25) is 9.59 Å². The van der Waals surface area contributed by atoms with Crippen molar-refractivity contribution in [2.24, 2.45) is 11.8 Å². The lowest BCUT2D eigenvalue weighted by Gasteiger charge is -2.40. The van der Waals surface area contributed by atoms with Crippen LogP contribution in [0.2, 0.25) is 36.3 Å². The predicted molar refractivity (Wildman–Crippen MR) is 201 cm³/mol. The molecule has 0 aliphatic heterocycles. The molecule has 1 N–H and O–H groups in total. The number of unbranched alkanes of at least 4 members (excludes halogenated alkanes) is 3. The first-order valence-electron chi connectivity index (χ1n) is 18.0. The highest BCUT2D eigenvalue weighted by atomic mass is 32.2. The van der Waals surface area contributed by atoms with E-state index < -0.39 is 22.6 Å². The topological polar surface area (TPSA) is 82.1 Å². The number of aliphatic carboxylic acids is 1. The van der Waals surface area contributed by atoms with Crippen molar-refractivity contribution in [2.75, 3.05) is 5.75 Å². The van der Waals surface area contributed by atoms with Crippen LogP contribution in [0.4, 0.5) is 0 Å². The van der Waals surface area contributed by atoms with Gasteiger partial charge >= 0.3 is 11.9 Å². The van der Waals surface area contributed by atoms with Gasteiger partial charge in [-0.05, 0) is 73.6 Å². The van der Waals surface area contributed by atoms with Crippen LogP contribution in [0, 0.1) is 11.8 Å². The molecule has 9 heteroatoms. The average Bonchev–Trinajstić information content (AvgIpc) is 3.20. The summed E-state index contributed by atoms with van der Waals surface area (Å²) < 4.78 is 20.3. The van der Waals surface area contributed by atoms with Crippen molar-refractivity contribution in [3.05, 3.63) is 22.8 Å². The highest BCUT2D eigenvalue weighted by Crippen LogP contribution is 2.47. The molecule has 0 aromatic heterocycles. The molecule has 0 radical (unpaired) electrons. The second kappa shape index (κ2) is 19.3. The first kappa shape index (κ1) is 43.1. The molecule has 0 fully saturated rings. The van der Waals surface area contributed by atoms with Crippen molar-refractivity contribution in [1.29, 1.82) is 0 Å². The van der Waals surface area contributed by atoms with Crippen LogP contribution >= 0.6 is 11.8 Å². The van der Waals surface area contributed by atoms with Gasteiger partial charge in [-0.25, -0.2) is 0 Å². The van der Waals surface area contributed by atoms with Crippen LogP contribution in [0.3, 0.4) is 0 Å². The Morgan fingerprint density at radius 2 is 1.57 bits per heavy atom.